The fraction of sp³-hybridized carbons (Fsp3) is 0.300. The lowest BCUT2D eigenvalue weighted by molar-refractivity contribution is -0.160. The van der Waals surface area contributed by atoms with E-state index in [4.69, 9.17) is 4.74 Å². The maximum atomic E-state index is 12.6. The number of carbonyl (C=O) groups excluding carboxylic acids is 1. The SMILES string of the molecule is CCOC(=O)[C@@H]1C2c3ccccc3C(c3ccccc32)[C@@H]1C(=O)O. The van der Waals surface area contributed by atoms with Crippen molar-refractivity contribution >= 4 is 11.9 Å². The Bertz CT molecular complexity index is 778. The van der Waals surface area contributed by atoms with Crippen molar-refractivity contribution in [3.63, 3.8) is 0 Å². The van der Waals surface area contributed by atoms with Gasteiger partial charge in [-0.05, 0) is 29.2 Å². The number of hydrogen-bond acceptors (Lipinski definition) is 3. The second-order valence-electron chi connectivity index (χ2n) is 6.36. The first-order chi connectivity index (χ1) is 11.6. The zero-order valence-electron chi connectivity index (χ0n) is 13.3. The predicted octanol–water partition coefficient (Wildman–Crippen LogP) is 3.16. The summed E-state index contributed by atoms with van der Waals surface area (Å²) in [5, 5.41) is 9.89. The molecule has 5 rings (SSSR count). The smallest absolute Gasteiger partial charge is 0.310 e. The Kier molecular flexibility index (Phi) is 3.41. The van der Waals surface area contributed by atoms with E-state index in [0.29, 0.717) is 0 Å². The fourth-order valence-electron chi connectivity index (χ4n) is 4.50. The summed E-state index contributed by atoms with van der Waals surface area (Å²) in [5.41, 5.74) is 4.15. The van der Waals surface area contributed by atoms with Gasteiger partial charge in [-0.15, -0.1) is 0 Å². The molecule has 3 aliphatic rings. The number of aliphatic carboxylic acids is 1. The molecule has 1 N–H and O–H groups in total. The molecule has 0 aliphatic heterocycles. The molecule has 2 aromatic carbocycles. The van der Waals surface area contributed by atoms with Crippen molar-refractivity contribution in [1.29, 1.82) is 0 Å². The van der Waals surface area contributed by atoms with Crippen molar-refractivity contribution in [2.75, 3.05) is 6.61 Å². The van der Waals surface area contributed by atoms with Gasteiger partial charge in [0.15, 0.2) is 0 Å². The maximum Gasteiger partial charge on any atom is 0.310 e. The molecule has 0 fully saturated rings. The van der Waals surface area contributed by atoms with Gasteiger partial charge in [-0.2, -0.15) is 0 Å². The summed E-state index contributed by atoms with van der Waals surface area (Å²) in [6.07, 6.45) is 0. The molecule has 24 heavy (non-hydrogen) atoms. The summed E-state index contributed by atoms with van der Waals surface area (Å²) in [6.45, 7) is 2.00. The predicted molar refractivity (Wildman–Crippen MR) is 87.8 cm³/mol. The lowest BCUT2D eigenvalue weighted by atomic mass is 9.54. The normalized spacial score (nSPS) is 26.4. The van der Waals surface area contributed by atoms with Crippen LogP contribution in [-0.4, -0.2) is 23.7 Å². The van der Waals surface area contributed by atoms with Crippen molar-refractivity contribution < 1.29 is 19.4 Å². The molecule has 3 aliphatic carbocycles. The highest BCUT2D eigenvalue weighted by Gasteiger charge is 2.55. The molecule has 122 valence electrons. The first kappa shape index (κ1) is 14.9. The second kappa shape index (κ2) is 5.48. The molecular weight excluding hydrogens is 304 g/mol. The van der Waals surface area contributed by atoms with E-state index in [1.54, 1.807) is 6.92 Å². The molecule has 2 atom stereocenters. The molecular formula is C20H18O4. The minimum atomic E-state index is -0.938. The van der Waals surface area contributed by atoms with Crippen LogP contribution in [0.2, 0.25) is 0 Å². The van der Waals surface area contributed by atoms with Crippen molar-refractivity contribution in [1.82, 2.24) is 0 Å². The van der Waals surface area contributed by atoms with E-state index < -0.39 is 23.8 Å². The number of rotatable bonds is 3. The monoisotopic (exact) mass is 322 g/mol. The zero-order valence-corrected chi connectivity index (χ0v) is 13.3. The van der Waals surface area contributed by atoms with Gasteiger partial charge < -0.3 is 9.84 Å². The zero-order chi connectivity index (χ0) is 16.8. The molecule has 0 aromatic heterocycles. The summed E-state index contributed by atoms with van der Waals surface area (Å²) in [6, 6.07) is 15.7. The topological polar surface area (TPSA) is 63.6 Å². The van der Waals surface area contributed by atoms with Crippen LogP contribution < -0.4 is 0 Å². The van der Waals surface area contributed by atoms with Gasteiger partial charge in [0, 0.05) is 11.8 Å². The molecule has 2 aromatic rings. The van der Waals surface area contributed by atoms with Gasteiger partial charge in [0.1, 0.15) is 0 Å². The van der Waals surface area contributed by atoms with E-state index in [9.17, 15) is 14.7 Å². The second-order valence-corrected chi connectivity index (χ2v) is 6.36. The summed E-state index contributed by atoms with van der Waals surface area (Å²) in [5.74, 6) is -3.40. The summed E-state index contributed by atoms with van der Waals surface area (Å²) in [7, 11) is 0. The number of ether oxygens (including phenoxy) is 1. The van der Waals surface area contributed by atoms with Crippen molar-refractivity contribution in [3.05, 3.63) is 70.8 Å². The standard InChI is InChI=1S/C20H18O4/c1-2-24-20(23)18-16-13-9-5-3-7-11(13)15(17(18)19(21)22)12-8-4-6-10-14(12)16/h3-10,15-18H,2H2,1H3,(H,21,22)/t15?,16?,17-,18+/m0/s1. The van der Waals surface area contributed by atoms with Gasteiger partial charge in [-0.1, -0.05) is 48.5 Å². The molecule has 0 saturated heterocycles. The molecule has 2 bridgehead atoms. The highest BCUT2D eigenvalue weighted by Crippen LogP contribution is 2.58. The Balaban J connectivity index is 1.98. The van der Waals surface area contributed by atoms with Gasteiger partial charge in [-0.25, -0.2) is 0 Å². The van der Waals surface area contributed by atoms with E-state index in [2.05, 4.69) is 0 Å². The Hall–Kier alpha value is -2.62. The Morgan fingerprint density at radius 2 is 1.29 bits per heavy atom. The maximum absolute atomic E-state index is 12.6. The quantitative estimate of drug-likeness (QED) is 0.882. The van der Waals surface area contributed by atoms with E-state index in [0.717, 1.165) is 22.3 Å². The number of carbonyl (C=O) groups is 2. The third kappa shape index (κ3) is 1.92. The number of hydrogen-bond donors (Lipinski definition) is 1. The van der Waals surface area contributed by atoms with Crippen LogP contribution in [0.4, 0.5) is 0 Å². The van der Waals surface area contributed by atoms with Gasteiger partial charge in [-0.3, -0.25) is 9.59 Å². The van der Waals surface area contributed by atoms with Gasteiger partial charge in [0.2, 0.25) is 0 Å². The van der Waals surface area contributed by atoms with Crippen LogP contribution in [0, 0.1) is 11.8 Å². The number of carboxylic acids is 1. The van der Waals surface area contributed by atoms with Crippen LogP contribution in [-0.2, 0) is 14.3 Å². The Morgan fingerprint density at radius 1 is 0.875 bits per heavy atom. The molecule has 0 amide bonds. The number of carboxylic acid groups (broad SMARTS) is 1. The molecule has 4 heteroatoms. The number of fused-ring (bicyclic) bond motifs is 1. The molecule has 0 spiro atoms. The average Bonchev–Trinajstić information content (AvgIpc) is 2.61. The highest BCUT2D eigenvalue weighted by atomic mass is 16.5. The average molecular weight is 322 g/mol. The largest absolute Gasteiger partial charge is 0.481 e. The minimum Gasteiger partial charge on any atom is -0.481 e. The van der Waals surface area contributed by atoms with Crippen LogP contribution in [0.15, 0.2) is 48.5 Å². The molecule has 4 nitrogen and oxygen atoms in total. The first-order valence-electron chi connectivity index (χ1n) is 8.22. The molecule has 0 radical (unpaired) electrons. The van der Waals surface area contributed by atoms with Crippen LogP contribution >= 0.6 is 0 Å². The number of esters is 1. The van der Waals surface area contributed by atoms with E-state index >= 15 is 0 Å². The van der Waals surface area contributed by atoms with Gasteiger partial charge in [0.05, 0.1) is 18.4 Å². The lowest BCUT2D eigenvalue weighted by Gasteiger charge is -2.47. The lowest BCUT2D eigenvalue weighted by Crippen LogP contribution is -2.47. The number of benzene rings is 2. The van der Waals surface area contributed by atoms with Gasteiger partial charge >= 0.3 is 11.9 Å². The summed E-state index contributed by atoms with van der Waals surface area (Å²) >= 11 is 0. The van der Waals surface area contributed by atoms with Crippen molar-refractivity contribution in [2.24, 2.45) is 11.8 Å². The molecule has 0 unspecified atom stereocenters. The van der Waals surface area contributed by atoms with E-state index in [1.807, 2.05) is 48.5 Å². The van der Waals surface area contributed by atoms with Crippen LogP contribution in [0.3, 0.4) is 0 Å². The summed E-state index contributed by atoms with van der Waals surface area (Å²) in [4.78, 5) is 24.7. The minimum absolute atomic E-state index is 0.252. The first-order valence-corrected chi connectivity index (χ1v) is 8.22. The third-order valence-electron chi connectivity index (χ3n) is 5.28. The van der Waals surface area contributed by atoms with Crippen LogP contribution in [0.5, 0.6) is 0 Å². The fourth-order valence-corrected chi connectivity index (χ4v) is 4.50. The summed E-state index contributed by atoms with van der Waals surface area (Å²) < 4.78 is 5.24. The van der Waals surface area contributed by atoms with Gasteiger partial charge in [0.25, 0.3) is 0 Å². The third-order valence-corrected chi connectivity index (χ3v) is 5.28. The van der Waals surface area contributed by atoms with Crippen molar-refractivity contribution in [3.8, 4) is 0 Å². The Labute approximate surface area is 140 Å². The van der Waals surface area contributed by atoms with E-state index in [1.165, 1.54) is 0 Å². The molecule has 0 heterocycles. The highest BCUT2D eigenvalue weighted by molar-refractivity contribution is 5.87. The van der Waals surface area contributed by atoms with Crippen molar-refractivity contribution in [2.45, 2.75) is 18.8 Å². The van der Waals surface area contributed by atoms with E-state index in [-0.39, 0.29) is 18.4 Å². The van der Waals surface area contributed by atoms with Crippen LogP contribution in [0.1, 0.15) is 41.0 Å². The Morgan fingerprint density at radius 3 is 1.67 bits per heavy atom. The molecule has 0 saturated carbocycles. The van der Waals surface area contributed by atoms with Crippen LogP contribution in [0.25, 0.3) is 0 Å².